The molecule has 1 unspecified atom stereocenters. The van der Waals surface area contributed by atoms with Gasteiger partial charge in [-0.1, -0.05) is 19.1 Å². The molecule has 0 aliphatic heterocycles. The molecule has 1 atom stereocenters. The zero-order valence-electron chi connectivity index (χ0n) is 9.09. The molecule has 15 heavy (non-hydrogen) atoms. The fraction of sp³-hybridized carbons (Fsp3) is 0.417. The zero-order valence-corrected chi connectivity index (χ0v) is 9.09. The molecule has 0 spiro atoms. The molecule has 0 radical (unpaired) electrons. The van der Waals surface area contributed by atoms with Crippen LogP contribution in [0.5, 0.6) is 0 Å². The molecule has 0 aromatic heterocycles. The SMILES string of the molecule is CCC(=O)C(CNC)c1ccc(F)cc1. The normalized spacial score (nSPS) is 12.5. The summed E-state index contributed by atoms with van der Waals surface area (Å²) in [6, 6.07) is 6.12. The van der Waals surface area contributed by atoms with Crippen LogP contribution in [0.3, 0.4) is 0 Å². The molecule has 3 heteroatoms. The van der Waals surface area contributed by atoms with Gasteiger partial charge < -0.3 is 5.32 Å². The maximum atomic E-state index is 12.7. The highest BCUT2D eigenvalue weighted by molar-refractivity contribution is 5.85. The third-order valence-corrected chi connectivity index (χ3v) is 2.42. The molecule has 1 rings (SSSR count). The Bertz CT molecular complexity index is 321. The number of carbonyl (C=O) groups excluding carboxylic acids is 1. The fourth-order valence-electron chi connectivity index (χ4n) is 1.56. The summed E-state index contributed by atoms with van der Waals surface area (Å²) in [6.45, 7) is 2.44. The summed E-state index contributed by atoms with van der Waals surface area (Å²) < 4.78 is 12.7. The predicted molar refractivity (Wildman–Crippen MR) is 58.4 cm³/mol. The average molecular weight is 209 g/mol. The Morgan fingerprint density at radius 2 is 2.00 bits per heavy atom. The van der Waals surface area contributed by atoms with Gasteiger partial charge in [0.25, 0.3) is 0 Å². The van der Waals surface area contributed by atoms with Gasteiger partial charge in [-0.15, -0.1) is 0 Å². The Hall–Kier alpha value is -1.22. The maximum Gasteiger partial charge on any atom is 0.141 e. The van der Waals surface area contributed by atoms with Gasteiger partial charge in [0.1, 0.15) is 11.6 Å². The summed E-state index contributed by atoms with van der Waals surface area (Å²) in [5, 5.41) is 2.98. The van der Waals surface area contributed by atoms with E-state index in [2.05, 4.69) is 5.32 Å². The van der Waals surface area contributed by atoms with Gasteiger partial charge in [-0.25, -0.2) is 4.39 Å². The number of ketones is 1. The van der Waals surface area contributed by atoms with Crippen LogP contribution < -0.4 is 5.32 Å². The second kappa shape index (κ2) is 5.61. The first-order valence-corrected chi connectivity index (χ1v) is 5.11. The number of rotatable bonds is 5. The molecular weight excluding hydrogens is 193 g/mol. The summed E-state index contributed by atoms with van der Waals surface area (Å²) in [5.41, 5.74) is 0.873. The third-order valence-electron chi connectivity index (χ3n) is 2.42. The first-order chi connectivity index (χ1) is 7.19. The Balaban J connectivity index is 2.88. The number of benzene rings is 1. The minimum absolute atomic E-state index is 0.166. The Morgan fingerprint density at radius 1 is 1.40 bits per heavy atom. The van der Waals surface area contributed by atoms with Gasteiger partial charge in [-0.05, 0) is 24.7 Å². The Labute approximate surface area is 89.5 Å². The lowest BCUT2D eigenvalue weighted by atomic mass is 9.93. The van der Waals surface area contributed by atoms with Crippen molar-refractivity contribution in [3.05, 3.63) is 35.6 Å². The van der Waals surface area contributed by atoms with Crippen molar-refractivity contribution >= 4 is 5.78 Å². The van der Waals surface area contributed by atoms with E-state index < -0.39 is 0 Å². The smallest absolute Gasteiger partial charge is 0.141 e. The number of hydrogen-bond acceptors (Lipinski definition) is 2. The van der Waals surface area contributed by atoms with Crippen molar-refractivity contribution in [2.45, 2.75) is 19.3 Å². The summed E-state index contributed by atoms with van der Waals surface area (Å²) in [7, 11) is 1.81. The minimum atomic E-state index is -0.272. The second-order valence-electron chi connectivity index (χ2n) is 3.48. The summed E-state index contributed by atoms with van der Waals surface area (Å²) in [5.74, 6) is -0.262. The number of halogens is 1. The van der Waals surface area contributed by atoms with Gasteiger partial charge in [0, 0.05) is 13.0 Å². The highest BCUT2D eigenvalue weighted by atomic mass is 19.1. The maximum absolute atomic E-state index is 12.7. The number of Topliss-reactive ketones (excluding diaryl/α,β-unsaturated/α-hetero) is 1. The molecule has 1 aromatic rings. The van der Waals surface area contributed by atoms with Crippen LogP contribution in [-0.2, 0) is 4.79 Å². The van der Waals surface area contributed by atoms with Crippen molar-refractivity contribution in [3.63, 3.8) is 0 Å². The molecule has 1 aromatic carbocycles. The topological polar surface area (TPSA) is 29.1 Å². The molecule has 1 N–H and O–H groups in total. The van der Waals surface area contributed by atoms with E-state index in [9.17, 15) is 9.18 Å². The lowest BCUT2D eigenvalue weighted by Gasteiger charge is -2.14. The van der Waals surface area contributed by atoms with E-state index in [0.717, 1.165) is 5.56 Å². The molecule has 0 aliphatic rings. The number of hydrogen-bond donors (Lipinski definition) is 1. The van der Waals surface area contributed by atoms with Crippen LogP contribution in [-0.4, -0.2) is 19.4 Å². The van der Waals surface area contributed by atoms with E-state index in [1.165, 1.54) is 12.1 Å². The minimum Gasteiger partial charge on any atom is -0.319 e. The van der Waals surface area contributed by atoms with E-state index >= 15 is 0 Å². The first-order valence-electron chi connectivity index (χ1n) is 5.11. The fourth-order valence-corrected chi connectivity index (χ4v) is 1.56. The van der Waals surface area contributed by atoms with Crippen LogP contribution >= 0.6 is 0 Å². The van der Waals surface area contributed by atoms with Crippen LogP contribution in [0.2, 0.25) is 0 Å². The molecule has 0 saturated carbocycles. The van der Waals surface area contributed by atoms with Gasteiger partial charge in [0.15, 0.2) is 0 Å². The van der Waals surface area contributed by atoms with Crippen LogP contribution in [0.25, 0.3) is 0 Å². The predicted octanol–water partition coefficient (Wildman–Crippen LogP) is 2.11. The standard InChI is InChI=1S/C12H16FNO/c1-3-12(15)11(8-14-2)9-4-6-10(13)7-5-9/h4-7,11,14H,3,8H2,1-2H3. The molecule has 0 bridgehead atoms. The molecule has 2 nitrogen and oxygen atoms in total. The van der Waals surface area contributed by atoms with Crippen molar-refractivity contribution in [3.8, 4) is 0 Å². The number of carbonyl (C=O) groups is 1. The van der Waals surface area contributed by atoms with Crippen LogP contribution in [0.15, 0.2) is 24.3 Å². The van der Waals surface area contributed by atoms with Crippen molar-refractivity contribution in [1.82, 2.24) is 5.32 Å². The third kappa shape index (κ3) is 3.13. The quantitative estimate of drug-likeness (QED) is 0.804. The number of nitrogens with one attached hydrogen (secondary N) is 1. The molecule has 0 heterocycles. The summed E-state index contributed by atoms with van der Waals surface area (Å²) in [6.07, 6.45) is 0.504. The van der Waals surface area contributed by atoms with E-state index in [-0.39, 0.29) is 17.5 Å². The highest BCUT2D eigenvalue weighted by Gasteiger charge is 2.17. The monoisotopic (exact) mass is 209 g/mol. The lowest BCUT2D eigenvalue weighted by Crippen LogP contribution is -2.23. The Morgan fingerprint density at radius 3 is 2.47 bits per heavy atom. The van der Waals surface area contributed by atoms with E-state index in [4.69, 9.17) is 0 Å². The molecule has 0 aliphatic carbocycles. The van der Waals surface area contributed by atoms with Gasteiger partial charge in [-0.3, -0.25) is 4.79 Å². The van der Waals surface area contributed by atoms with Gasteiger partial charge in [-0.2, -0.15) is 0 Å². The lowest BCUT2D eigenvalue weighted by molar-refractivity contribution is -0.120. The molecule has 0 amide bonds. The zero-order chi connectivity index (χ0) is 11.3. The van der Waals surface area contributed by atoms with Crippen LogP contribution in [0.4, 0.5) is 4.39 Å². The van der Waals surface area contributed by atoms with Crippen molar-refractivity contribution in [2.24, 2.45) is 0 Å². The summed E-state index contributed by atoms with van der Waals surface area (Å²) >= 11 is 0. The number of likely N-dealkylation sites (N-methyl/N-ethyl adjacent to an activating group) is 1. The van der Waals surface area contributed by atoms with Gasteiger partial charge in [0.05, 0.1) is 5.92 Å². The molecule has 0 saturated heterocycles. The van der Waals surface area contributed by atoms with Gasteiger partial charge in [0.2, 0.25) is 0 Å². The molecular formula is C12H16FNO. The van der Waals surface area contributed by atoms with E-state index in [1.807, 2.05) is 6.92 Å². The second-order valence-corrected chi connectivity index (χ2v) is 3.48. The van der Waals surface area contributed by atoms with E-state index in [1.54, 1.807) is 19.2 Å². The largest absolute Gasteiger partial charge is 0.319 e. The highest BCUT2D eigenvalue weighted by Crippen LogP contribution is 2.18. The Kier molecular flexibility index (Phi) is 4.43. The summed E-state index contributed by atoms with van der Waals surface area (Å²) in [4.78, 5) is 11.7. The molecule has 0 fully saturated rings. The van der Waals surface area contributed by atoms with Crippen molar-refractivity contribution in [2.75, 3.05) is 13.6 Å². The van der Waals surface area contributed by atoms with Crippen LogP contribution in [0, 0.1) is 5.82 Å². The van der Waals surface area contributed by atoms with Gasteiger partial charge >= 0.3 is 0 Å². The average Bonchev–Trinajstić information content (AvgIpc) is 2.26. The van der Waals surface area contributed by atoms with Crippen molar-refractivity contribution in [1.29, 1.82) is 0 Å². The van der Waals surface area contributed by atoms with Crippen LogP contribution in [0.1, 0.15) is 24.8 Å². The van der Waals surface area contributed by atoms with Crippen molar-refractivity contribution < 1.29 is 9.18 Å². The first kappa shape index (κ1) is 11.9. The van der Waals surface area contributed by atoms with E-state index in [0.29, 0.717) is 13.0 Å². The molecule has 82 valence electrons.